The minimum atomic E-state index is -0.608. The molecule has 126 valence electrons. The summed E-state index contributed by atoms with van der Waals surface area (Å²) >= 11 is 5.89. The number of pyridine rings is 1. The molecule has 0 saturated heterocycles. The number of anilines is 1. The molecule has 0 radical (unpaired) electrons. The van der Waals surface area contributed by atoms with Gasteiger partial charge in [-0.25, -0.2) is 9.78 Å². The largest absolute Gasteiger partial charge is 0.444 e. The molecule has 0 aliphatic rings. The van der Waals surface area contributed by atoms with Crippen molar-refractivity contribution >= 4 is 29.8 Å². The summed E-state index contributed by atoms with van der Waals surface area (Å²) in [5.41, 5.74) is 1.53. The number of halogens is 1. The number of carbonyl (C=O) groups is 2. The van der Waals surface area contributed by atoms with Gasteiger partial charge in [-0.1, -0.05) is 23.7 Å². The Balaban J connectivity index is 2.25. The number of aromatic nitrogens is 1. The number of ether oxygens (including phenoxy) is 1. The summed E-state index contributed by atoms with van der Waals surface area (Å²) in [7, 11) is 0. The van der Waals surface area contributed by atoms with E-state index in [4.69, 9.17) is 16.3 Å². The summed E-state index contributed by atoms with van der Waals surface area (Å²) in [5.74, 6) is 0.366. The lowest BCUT2D eigenvalue weighted by molar-refractivity contribution is 0.0635. The Morgan fingerprint density at radius 1 is 1.29 bits per heavy atom. The molecule has 1 aromatic heterocycles. The summed E-state index contributed by atoms with van der Waals surface area (Å²) in [6, 6.07) is 9.03. The van der Waals surface area contributed by atoms with Crippen LogP contribution in [0.1, 0.15) is 42.3 Å². The van der Waals surface area contributed by atoms with E-state index < -0.39 is 11.7 Å². The topological polar surface area (TPSA) is 68.3 Å². The summed E-state index contributed by atoms with van der Waals surface area (Å²) in [5, 5.41) is 3.28. The molecule has 2 aromatic rings. The van der Waals surface area contributed by atoms with Crippen LogP contribution in [-0.2, 0) is 11.2 Å². The first-order valence-electron chi connectivity index (χ1n) is 7.45. The van der Waals surface area contributed by atoms with Gasteiger partial charge in [0.2, 0.25) is 0 Å². The molecule has 2 rings (SSSR count). The highest BCUT2D eigenvalue weighted by molar-refractivity contribution is 6.30. The van der Waals surface area contributed by atoms with E-state index in [-0.39, 0.29) is 0 Å². The van der Waals surface area contributed by atoms with E-state index in [2.05, 4.69) is 10.3 Å². The van der Waals surface area contributed by atoms with Crippen LogP contribution in [0.5, 0.6) is 0 Å². The first-order chi connectivity index (χ1) is 11.3. The molecule has 0 spiro atoms. The van der Waals surface area contributed by atoms with Gasteiger partial charge in [-0.15, -0.1) is 0 Å². The number of hydrogen-bond acceptors (Lipinski definition) is 4. The molecular weight excluding hydrogens is 328 g/mol. The molecule has 0 aliphatic heterocycles. The lowest BCUT2D eigenvalue weighted by Gasteiger charge is -2.20. The third-order valence-electron chi connectivity index (χ3n) is 3.05. The van der Waals surface area contributed by atoms with Gasteiger partial charge < -0.3 is 4.74 Å². The van der Waals surface area contributed by atoms with Gasteiger partial charge >= 0.3 is 6.09 Å². The smallest absolute Gasteiger partial charge is 0.413 e. The highest BCUT2D eigenvalue weighted by Gasteiger charge is 2.18. The molecule has 0 saturated carbocycles. The zero-order chi connectivity index (χ0) is 17.7. The van der Waals surface area contributed by atoms with Crippen molar-refractivity contribution in [1.82, 2.24) is 4.98 Å². The minimum Gasteiger partial charge on any atom is -0.444 e. The second kappa shape index (κ2) is 7.45. The van der Waals surface area contributed by atoms with Crippen molar-refractivity contribution in [1.29, 1.82) is 0 Å². The third kappa shape index (κ3) is 5.35. The van der Waals surface area contributed by atoms with Crippen LogP contribution in [0.25, 0.3) is 0 Å². The quantitative estimate of drug-likeness (QED) is 0.828. The molecule has 0 fully saturated rings. The van der Waals surface area contributed by atoms with Gasteiger partial charge in [-0.2, -0.15) is 0 Å². The maximum atomic E-state index is 12.0. The van der Waals surface area contributed by atoms with E-state index in [1.807, 2.05) is 12.1 Å². The first-order valence-corrected chi connectivity index (χ1v) is 7.83. The Kier molecular flexibility index (Phi) is 5.57. The van der Waals surface area contributed by atoms with Gasteiger partial charge in [0, 0.05) is 28.8 Å². The molecule has 0 aliphatic carbocycles. The normalized spacial score (nSPS) is 11.0. The zero-order valence-electron chi connectivity index (χ0n) is 13.8. The Morgan fingerprint density at radius 2 is 1.96 bits per heavy atom. The number of amides is 1. The molecule has 1 heterocycles. The molecule has 0 atom stereocenters. The van der Waals surface area contributed by atoms with Gasteiger partial charge in [-0.3, -0.25) is 10.1 Å². The standard InChI is InChI=1S/C18H19ClN2O3/c1-18(2,3)24-17(23)21-16-14(9-13(11-22)10-20-16)8-12-4-6-15(19)7-5-12/h4-7,9-11H,8H2,1-3H3,(H,20,21,23). The molecule has 1 N–H and O–H groups in total. The van der Waals surface area contributed by atoms with Crippen molar-refractivity contribution in [3.63, 3.8) is 0 Å². The van der Waals surface area contributed by atoms with Crippen molar-refractivity contribution < 1.29 is 14.3 Å². The van der Waals surface area contributed by atoms with Gasteiger partial charge in [0.25, 0.3) is 0 Å². The van der Waals surface area contributed by atoms with Crippen LogP contribution < -0.4 is 5.32 Å². The highest BCUT2D eigenvalue weighted by atomic mass is 35.5. The monoisotopic (exact) mass is 346 g/mol. The molecule has 0 bridgehead atoms. The van der Waals surface area contributed by atoms with Gasteiger partial charge in [0.1, 0.15) is 11.4 Å². The Bertz CT molecular complexity index is 737. The molecule has 6 heteroatoms. The van der Waals surface area contributed by atoms with Crippen LogP contribution in [0.15, 0.2) is 36.5 Å². The van der Waals surface area contributed by atoms with Crippen molar-refractivity contribution in [2.45, 2.75) is 32.8 Å². The van der Waals surface area contributed by atoms with Gasteiger partial charge in [0.05, 0.1) is 0 Å². The lowest BCUT2D eigenvalue weighted by atomic mass is 10.0. The number of hydrogen-bond donors (Lipinski definition) is 1. The summed E-state index contributed by atoms with van der Waals surface area (Å²) in [4.78, 5) is 27.1. The summed E-state index contributed by atoms with van der Waals surface area (Å²) in [6.07, 6.45) is 2.03. The highest BCUT2D eigenvalue weighted by Crippen LogP contribution is 2.20. The molecule has 1 amide bonds. The second-order valence-corrected chi connectivity index (χ2v) is 6.76. The maximum absolute atomic E-state index is 12.0. The molecule has 1 aromatic carbocycles. The Hall–Kier alpha value is -2.40. The lowest BCUT2D eigenvalue weighted by Crippen LogP contribution is -2.28. The van der Waals surface area contributed by atoms with Crippen LogP contribution in [0, 0.1) is 0 Å². The average molecular weight is 347 g/mol. The summed E-state index contributed by atoms with van der Waals surface area (Å²) < 4.78 is 5.24. The van der Waals surface area contributed by atoms with E-state index in [1.54, 1.807) is 39.0 Å². The van der Waals surface area contributed by atoms with Crippen LogP contribution >= 0.6 is 11.6 Å². The summed E-state index contributed by atoms with van der Waals surface area (Å²) in [6.45, 7) is 5.35. The SMILES string of the molecule is CC(C)(C)OC(=O)Nc1ncc(C=O)cc1Cc1ccc(Cl)cc1. The number of nitrogens with zero attached hydrogens (tertiary/aromatic N) is 1. The molecule has 24 heavy (non-hydrogen) atoms. The first kappa shape index (κ1) is 17.9. The third-order valence-corrected chi connectivity index (χ3v) is 3.30. The predicted molar refractivity (Wildman–Crippen MR) is 93.7 cm³/mol. The number of carbonyl (C=O) groups excluding carboxylic acids is 2. The number of aldehydes is 1. The van der Waals surface area contributed by atoms with E-state index in [1.165, 1.54) is 6.20 Å². The van der Waals surface area contributed by atoms with Crippen molar-refractivity contribution in [3.05, 3.63) is 58.2 Å². The van der Waals surface area contributed by atoms with E-state index >= 15 is 0 Å². The van der Waals surface area contributed by atoms with Gasteiger partial charge in [0.15, 0.2) is 6.29 Å². The van der Waals surface area contributed by atoms with Crippen molar-refractivity contribution in [2.24, 2.45) is 0 Å². The van der Waals surface area contributed by atoms with E-state index in [0.29, 0.717) is 28.4 Å². The van der Waals surface area contributed by atoms with Crippen LogP contribution in [-0.4, -0.2) is 23.0 Å². The Labute approximate surface area is 146 Å². The fraction of sp³-hybridized carbons (Fsp3) is 0.278. The molecule has 0 unspecified atom stereocenters. The van der Waals surface area contributed by atoms with Crippen LogP contribution in [0.2, 0.25) is 5.02 Å². The molecular formula is C18H19ClN2O3. The number of benzene rings is 1. The number of nitrogens with one attached hydrogen (secondary N) is 1. The van der Waals surface area contributed by atoms with E-state index in [9.17, 15) is 9.59 Å². The average Bonchev–Trinajstić information content (AvgIpc) is 2.49. The maximum Gasteiger partial charge on any atom is 0.413 e. The zero-order valence-corrected chi connectivity index (χ0v) is 14.6. The molecule has 5 nitrogen and oxygen atoms in total. The van der Waals surface area contributed by atoms with Crippen LogP contribution in [0.4, 0.5) is 10.6 Å². The van der Waals surface area contributed by atoms with Gasteiger partial charge in [-0.05, 0) is 44.5 Å². The number of rotatable bonds is 4. The fourth-order valence-electron chi connectivity index (χ4n) is 2.06. The van der Waals surface area contributed by atoms with Crippen molar-refractivity contribution in [2.75, 3.05) is 5.32 Å². The second-order valence-electron chi connectivity index (χ2n) is 6.32. The predicted octanol–water partition coefficient (Wildman–Crippen LogP) is 4.49. The van der Waals surface area contributed by atoms with Crippen molar-refractivity contribution in [3.8, 4) is 0 Å². The fourth-order valence-corrected chi connectivity index (χ4v) is 2.19. The van der Waals surface area contributed by atoms with E-state index in [0.717, 1.165) is 11.8 Å². The minimum absolute atomic E-state index is 0.366. The Morgan fingerprint density at radius 3 is 2.54 bits per heavy atom. The van der Waals surface area contributed by atoms with Crippen LogP contribution in [0.3, 0.4) is 0 Å².